The Morgan fingerprint density at radius 2 is 2.14 bits per heavy atom. The molecule has 2 N–H and O–H groups in total. The van der Waals surface area contributed by atoms with Gasteiger partial charge in [-0.05, 0) is 32.0 Å². The highest BCUT2D eigenvalue weighted by molar-refractivity contribution is 7.18. The predicted molar refractivity (Wildman–Crippen MR) is 108 cm³/mol. The van der Waals surface area contributed by atoms with Gasteiger partial charge in [0.15, 0.2) is 0 Å². The van der Waals surface area contributed by atoms with E-state index in [2.05, 4.69) is 20.7 Å². The molecule has 1 aliphatic heterocycles. The fourth-order valence-electron chi connectivity index (χ4n) is 3.39. The zero-order valence-corrected chi connectivity index (χ0v) is 16.8. The van der Waals surface area contributed by atoms with Crippen LogP contribution in [-0.2, 0) is 24.2 Å². The van der Waals surface area contributed by atoms with Crippen LogP contribution in [0.3, 0.4) is 0 Å². The standard InChI is InChI=1S/C20H23N5O2S/c1-12(2)21-20(27)16-10-14-9-13(11-25(14)24-16)22-18(26)7-8-19-23-15-5-3-4-6-17(15)28-19/h3-6,10,12-13H,7-9,11H2,1-2H3,(H,21,27)(H,22,26)/t13-/m0/s1. The Morgan fingerprint density at radius 3 is 2.89 bits per heavy atom. The molecule has 1 atom stereocenters. The Kier molecular flexibility index (Phi) is 5.13. The van der Waals surface area contributed by atoms with Gasteiger partial charge in [0.25, 0.3) is 5.91 Å². The molecule has 28 heavy (non-hydrogen) atoms. The summed E-state index contributed by atoms with van der Waals surface area (Å²) in [5, 5.41) is 11.3. The maximum absolute atomic E-state index is 12.3. The van der Waals surface area contributed by atoms with E-state index in [0.29, 0.717) is 31.5 Å². The van der Waals surface area contributed by atoms with Gasteiger partial charge in [-0.2, -0.15) is 5.10 Å². The van der Waals surface area contributed by atoms with E-state index in [9.17, 15) is 9.59 Å². The molecule has 0 unspecified atom stereocenters. The smallest absolute Gasteiger partial charge is 0.271 e. The summed E-state index contributed by atoms with van der Waals surface area (Å²) < 4.78 is 2.96. The second-order valence-corrected chi connectivity index (χ2v) is 8.49. The van der Waals surface area contributed by atoms with Crippen LogP contribution in [0.5, 0.6) is 0 Å². The van der Waals surface area contributed by atoms with Gasteiger partial charge in [0, 0.05) is 31.0 Å². The molecular formula is C20H23N5O2S. The number of fused-ring (bicyclic) bond motifs is 2. The Morgan fingerprint density at radius 1 is 1.32 bits per heavy atom. The van der Waals surface area contributed by atoms with Crippen LogP contribution in [0.2, 0.25) is 0 Å². The van der Waals surface area contributed by atoms with E-state index in [1.807, 2.05) is 48.9 Å². The average molecular weight is 398 g/mol. The van der Waals surface area contributed by atoms with Gasteiger partial charge in [-0.3, -0.25) is 14.3 Å². The lowest BCUT2D eigenvalue weighted by Gasteiger charge is -2.11. The van der Waals surface area contributed by atoms with Crippen LogP contribution in [0, 0.1) is 0 Å². The lowest BCUT2D eigenvalue weighted by atomic mass is 10.2. The highest BCUT2D eigenvalue weighted by Crippen LogP contribution is 2.22. The van der Waals surface area contributed by atoms with E-state index in [4.69, 9.17) is 0 Å². The number of hydrogen-bond acceptors (Lipinski definition) is 5. The van der Waals surface area contributed by atoms with Crippen molar-refractivity contribution in [3.05, 3.63) is 46.7 Å². The van der Waals surface area contributed by atoms with Crippen LogP contribution in [0.15, 0.2) is 30.3 Å². The molecule has 0 bridgehead atoms. The first kappa shape index (κ1) is 18.6. The van der Waals surface area contributed by atoms with Gasteiger partial charge in [-0.25, -0.2) is 4.98 Å². The molecule has 1 aromatic carbocycles. The number of rotatable bonds is 6. The molecule has 0 spiro atoms. The van der Waals surface area contributed by atoms with Gasteiger partial charge in [-0.1, -0.05) is 12.1 Å². The maximum atomic E-state index is 12.3. The summed E-state index contributed by atoms with van der Waals surface area (Å²) in [6, 6.07) is 9.92. The van der Waals surface area contributed by atoms with Crippen molar-refractivity contribution >= 4 is 33.4 Å². The Hall–Kier alpha value is -2.74. The van der Waals surface area contributed by atoms with Gasteiger partial charge in [-0.15, -0.1) is 11.3 Å². The minimum absolute atomic E-state index is 0.0209. The molecule has 0 aliphatic carbocycles. The number of hydrogen-bond donors (Lipinski definition) is 2. The minimum Gasteiger partial charge on any atom is -0.351 e. The van der Waals surface area contributed by atoms with Gasteiger partial charge in [0.1, 0.15) is 5.69 Å². The molecule has 0 radical (unpaired) electrons. The molecule has 3 heterocycles. The molecule has 2 aromatic heterocycles. The van der Waals surface area contributed by atoms with E-state index < -0.39 is 0 Å². The first-order valence-electron chi connectivity index (χ1n) is 9.49. The molecule has 8 heteroatoms. The van der Waals surface area contributed by atoms with Crippen LogP contribution >= 0.6 is 11.3 Å². The average Bonchev–Trinajstić information content (AvgIpc) is 3.31. The normalized spacial score (nSPS) is 15.8. The van der Waals surface area contributed by atoms with Crippen molar-refractivity contribution in [2.24, 2.45) is 0 Å². The van der Waals surface area contributed by atoms with E-state index in [0.717, 1.165) is 20.9 Å². The van der Waals surface area contributed by atoms with Gasteiger partial charge in [0.2, 0.25) is 5.91 Å². The largest absolute Gasteiger partial charge is 0.351 e. The Bertz CT molecular complexity index is 966. The van der Waals surface area contributed by atoms with Crippen LogP contribution in [0.4, 0.5) is 0 Å². The third-order valence-corrected chi connectivity index (χ3v) is 5.73. The van der Waals surface area contributed by atoms with Crippen LogP contribution in [0.1, 0.15) is 41.5 Å². The van der Waals surface area contributed by atoms with Crippen molar-refractivity contribution in [1.29, 1.82) is 0 Å². The maximum Gasteiger partial charge on any atom is 0.271 e. The highest BCUT2D eigenvalue weighted by Gasteiger charge is 2.26. The summed E-state index contributed by atoms with van der Waals surface area (Å²) in [7, 11) is 0. The fraction of sp³-hybridized carbons (Fsp3) is 0.400. The first-order chi connectivity index (χ1) is 13.5. The highest BCUT2D eigenvalue weighted by atomic mass is 32.1. The molecule has 146 valence electrons. The molecule has 1 aliphatic rings. The predicted octanol–water partition coefficient (Wildman–Crippen LogP) is 2.30. The summed E-state index contributed by atoms with van der Waals surface area (Å²) >= 11 is 1.64. The van der Waals surface area contributed by atoms with Gasteiger partial charge in [0.05, 0.1) is 27.8 Å². The fourth-order valence-corrected chi connectivity index (χ4v) is 4.36. The number of aromatic nitrogens is 3. The van der Waals surface area contributed by atoms with Crippen molar-refractivity contribution in [3.8, 4) is 0 Å². The SMILES string of the molecule is CC(C)NC(=O)c1cc2n(n1)C[C@@H](NC(=O)CCc1nc3ccccc3s1)C2. The quantitative estimate of drug-likeness (QED) is 0.668. The number of nitrogens with zero attached hydrogens (tertiary/aromatic N) is 3. The summed E-state index contributed by atoms with van der Waals surface area (Å²) in [6.45, 7) is 4.43. The van der Waals surface area contributed by atoms with Crippen molar-refractivity contribution in [1.82, 2.24) is 25.4 Å². The van der Waals surface area contributed by atoms with E-state index in [-0.39, 0.29) is 23.9 Å². The summed E-state index contributed by atoms with van der Waals surface area (Å²) in [5.41, 5.74) is 2.40. The van der Waals surface area contributed by atoms with Crippen molar-refractivity contribution in [2.45, 2.75) is 51.7 Å². The summed E-state index contributed by atoms with van der Waals surface area (Å²) in [5.74, 6) is -0.138. The molecule has 4 rings (SSSR count). The number of benzene rings is 1. The minimum atomic E-state index is -0.159. The zero-order chi connectivity index (χ0) is 19.7. The Balaban J connectivity index is 1.28. The van der Waals surface area contributed by atoms with Crippen molar-refractivity contribution in [3.63, 3.8) is 0 Å². The molecular weight excluding hydrogens is 374 g/mol. The monoisotopic (exact) mass is 397 g/mol. The van der Waals surface area contributed by atoms with Gasteiger partial charge < -0.3 is 10.6 Å². The third-order valence-electron chi connectivity index (χ3n) is 4.63. The zero-order valence-electron chi connectivity index (χ0n) is 15.9. The second kappa shape index (κ2) is 7.71. The summed E-state index contributed by atoms with van der Waals surface area (Å²) in [6.07, 6.45) is 1.75. The van der Waals surface area contributed by atoms with Crippen LogP contribution < -0.4 is 10.6 Å². The molecule has 0 saturated carbocycles. The number of nitrogens with one attached hydrogen (secondary N) is 2. The first-order valence-corrected chi connectivity index (χ1v) is 10.3. The Labute approximate surface area is 167 Å². The van der Waals surface area contributed by atoms with E-state index in [1.54, 1.807) is 11.3 Å². The number of carbonyl (C=O) groups excluding carboxylic acids is 2. The third kappa shape index (κ3) is 4.06. The number of carbonyl (C=O) groups is 2. The van der Waals surface area contributed by atoms with Crippen LogP contribution in [-0.4, -0.2) is 38.7 Å². The topological polar surface area (TPSA) is 88.9 Å². The molecule has 2 amide bonds. The number of aryl methyl sites for hydroxylation is 1. The number of para-hydroxylation sites is 1. The molecule has 7 nitrogen and oxygen atoms in total. The van der Waals surface area contributed by atoms with E-state index in [1.165, 1.54) is 0 Å². The molecule has 0 saturated heterocycles. The summed E-state index contributed by atoms with van der Waals surface area (Å²) in [4.78, 5) is 28.9. The van der Waals surface area contributed by atoms with E-state index >= 15 is 0 Å². The van der Waals surface area contributed by atoms with Gasteiger partial charge >= 0.3 is 0 Å². The molecule has 0 fully saturated rings. The lowest BCUT2D eigenvalue weighted by molar-refractivity contribution is -0.121. The second-order valence-electron chi connectivity index (χ2n) is 7.38. The van der Waals surface area contributed by atoms with Crippen molar-refractivity contribution in [2.75, 3.05) is 0 Å². The lowest BCUT2D eigenvalue weighted by Crippen LogP contribution is -2.36. The van der Waals surface area contributed by atoms with Crippen molar-refractivity contribution < 1.29 is 9.59 Å². The molecule has 3 aromatic rings. The number of amides is 2. The van der Waals surface area contributed by atoms with Crippen LogP contribution in [0.25, 0.3) is 10.2 Å². The number of thiazole rings is 1.